The highest BCUT2D eigenvalue weighted by Crippen LogP contribution is 2.25. The molecule has 2 rings (SSSR count). The van der Waals surface area contributed by atoms with E-state index in [0.29, 0.717) is 6.04 Å². The van der Waals surface area contributed by atoms with Crippen molar-refractivity contribution in [3.8, 4) is 0 Å². The van der Waals surface area contributed by atoms with Gasteiger partial charge in [0.2, 0.25) is 0 Å². The standard InChI is InChI=1S/C17H27N/c1-15(17-11-7-2-3-8-12-17)18-14-13-16-9-5-4-6-10-16/h4-6,9-10,15,17-18H,2-3,7-8,11-14H2,1H3/t15-/m1/s1. The van der Waals surface area contributed by atoms with Crippen molar-refractivity contribution in [2.75, 3.05) is 6.54 Å². The Balaban J connectivity index is 1.69. The van der Waals surface area contributed by atoms with Crippen LogP contribution in [0, 0.1) is 5.92 Å². The van der Waals surface area contributed by atoms with Crippen molar-refractivity contribution in [1.82, 2.24) is 5.32 Å². The fraction of sp³-hybridized carbons (Fsp3) is 0.647. The Morgan fingerprint density at radius 2 is 1.72 bits per heavy atom. The minimum absolute atomic E-state index is 0.687. The molecular weight excluding hydrogens is 218 g/mol. The highest BCUT2D eigenvalue weighted by Gasteiger charge is 2.18. The molecule has 1 aromatic rings. The van der Waals surface area contributed by atoms with Gasteiger partial charge >= 0.3 is 0 Å². The number of rotatable bonds is 5. The van der Waals surface area contributed by atoms with Crippen LogP contribution >= 0.6 is 0 Å². The van der Waals surface area contributed by atoms with Crippen molar-refractivity contribution in [2.45, 2.75) is 57.9 Å². The quantitative estimate of drug-likeness (QED) is 0.767. The molecule has 0 amide bonds. The highest BCUT2D eigenvalue weighted by atomic mass is 14.9. The largest absolute Gasteiger partial charge is 0.314 e. The summed E-state index contributed by atoms with van der Waals surface area (Å²) in [6, 6.07) is 11.5. The second-order valence-electron chi connectivity index (χ2n) is 5.73. The average Bonchev–Trinajstić information content (AvgIpc) is 2.69. The second kappa shape index (κ2) is 7.58. The fourth-order valence-corrected chi connectivity index (χ4v) is 3.07. The summed E-state index contributed by atoms with van der Waals surface area (Å²) in [4.78, 5) is 0. The van der Waals surface area contributed by atoms with Gasteiger partial charge in [0.15, 0.2) is 0 Å². The second-order valence-corrected chi connectivity index (χ2v) is 5.73. The topological polar surface area (TPSA) is 12.0 Å². The summed E-state index contributed by atoms with van der Waals surface area (Å²) in [6.07, 6.45) is 9.79. The van der Waals surface area contributed by atoms with Crippen LogP contribution in [-0.4, -0.2) is 12.6 Å². The third kappa shape index (κ3) is 4.45. The molecule has 0 aliphatic heterocycles. The smallest absolute Gasteiger partial charge is 0.00671 e. The Bertz CT molecular complexity index is 312. The van der Waals surface area contributed by atoms with Crippen LogP contribution in [0.3, 0.4) is 0 Å². The highest BCUT2D eigenvalue weighted by molar-refractivity contribution is 5.14. The van der Waals surface area contributed by atoms with Gasteiger partial charge in [-0.15, -0.1) is 0 Å². The summed E-state index contributed by atoms with van der Waals surface area (Å²) in [5.74, 6) is 0.906. The molecule has 1 fully saturated rings. The predicted octanol–water partition coefficient (Wildman–Crippen LogP) is 4.18. The Labute approximate surface area is 112 Å². The summed E-state index contributed by atoms with van der Waals surface area (Å²) in [5.41, 5.74) is 1.44. The Morgan fingerprint density at radius 3 is 2.39 bits per heavy atom. The van der Waals surface area contributed by atoms with Crippen LogP contribution in [0.5, 0.6) is 0 Å². The number of benzene rings is 1. The van der Waals surface area contributed by atoms with Crippen LogP contribution in [0.2, 0.25) is 0 Å². The monoisotopic (exact) mass is 245 g/mol. The Kier molecular flexibility index (Phi) is 5.73. The molecule has 1 aromatic carbocycles. The lowest BCUT2D eigenvalue weighted by Gasteiger charge is -2.23. The maximum Gasteiger partial charge on any atom is 0.00671 e. The summed E-state index contributed by atoms with van der Waals surface area (Å²) < 4.78 is 0. The van der Waals surface area contributed by atoms with Crippen molar-refractivity contribution in [1.29, 1.82) is 0 Å². The molecule has 100 valence electrons. The van der Waals surface area contributed by atoms with Crippen LogP contribution in [0.1, 0.15) is 51.0 Å². The first-order valence-corrected chi connectivity index (χ1v) is 7.63. The van der Waals surface area contributed by atoms with E-state index in [2.05, 4.69) is 42.6 Å². The van der Waals surface area contributed by atoms with Crippen LogP contribution < -0.4 is 5.32 Å². The molecule has 0 unspecified atom stereocenters. The number of hydrogen-bond donors (Lipinski definition) is 1. The molecule has 0 heterocycles. The number of hydrogen-bond acceptors (Lipinski definition) is 1. The fourth-order valence-electron chi connectivity index (χ4n) is 3.07. The van der Waals surface area contributed by atoms with Gasteiger partial charge in [-0.2, -0.15) is 0 Å². The van der Waals surface area contributed by atoms with E-state index >= 15 is 0 Å². The zero-order valence-electron chi connectivity index (χ0n) is 11.7. The van der Waals surface area contributed by atoms with Gasteiger partial charge in [-0.05, 0) is 44.2 Å². The molecule has 1 aliphatic rings. The van der Waals surface area contributed by atoms with E-state index in [1.54, 1.807) is 0 Å². The summed E-state index contributed by atoms with van der Waals surface area (Å²) in [5, 5.41) is 3.73. The van der Waals surface area contributed by atoms with Gasteiger partial charge in [0, 0.05) is 6.04 Å². The van der Waals surface area contributed by atoms with Crippen LogP contribution in [0.15, 0.2) is 30.3 Å². The summed E-state index contributed by atoms with van der Waals surface area (Å²) >= 11 is 0. The number of nitrogens with one attached hydrogen (secondary N) is 1. The van der Waals surface area contributed by atoms with E-state index in [1.165, 1.54) is 44.1 Å². The molecule has 1 aliphatic carbocycles. The summed E-state index contributed by atoms with van der Waals surface area (Å²) in [7, 11) is 0. The Morgan fingerprint density at radius 1 is 1.06 bits per heavy atom. The third-order valence-corrected chi connectivity index (χ3v) is 4.33. The minimum Gasteiger partial charge on any atom is -0.314 e. The SMILES string of the molecule is C[C@@H](NCCc1ccccc1)C1CCCCCC1. The van der Waals surface area contributed by atoms with Gasteiger partial charge in [0.25, 0.3) is 0 Å². The lowest BCUT2D eigenvalue weighted by molar-refractivity contribution is 0.339. The third-order valence-electron chi connectivity index (χ3n) is 4.33. The average molecular weight is 245 g/mol. The van der Waals surface area contributed by atoms with E-state index in [0.717, 1.165) is 18.9 Å². The maximum absolute atomic E-state index is 3.73. The first-order chi connectivity index (χ1) is 8.86. The zero-order chi connectivity index (χ0) is 12.6. The first-order valence-electron chi connectivity index (χ1n) is 7.63. The van der Waals surface area contributed by atoms with Crippen LogP contribution in [0.4, 0.5) is 0 Å². The Hall–Kier alpha value is -0.820. The van der Waals surface area contributed by atoms with E-state index in [-0.39, 0.29) is 0 Å². The molecule has 0 saturated heterocycles. The lowest BCUT2D eigenvalue weighted by Crippen LogP contribution is -2.34. The maximum atomic E-state index is 3.73. The zero-order valence-corrected chi connectivity index (χ0v) is 11.7. The van der Waals surface area contributed by atoms with Crippen LogP contribution in [0.25, 0.3) is 0 Å². The minimum atomic E-state index is 0.687. The van der Waals surface area contributed by atoms with E-state index < -0.39 is 0 Å². The van der Waals surface area contributed by atoms with Crippen molar-refractivity contribution in [2.24, 2.45) is 5.92 Å². The van der Waals surface area contributed by atoms with Gasteiger partial charge in [0.05, 0.1) is 0 Å². The van der Waals surface area contributed by atoms with Crippen molar-refractivity contribution in [3.05, 3.63) is 35.9 Å². The summed E-state index contributed by atoms with van der Waals surface area (Å²) in [6.45, 7) is 3.49. The molecule has 0 aromatic heterocycles. The normalized spacial score (nSPS) is 19.4. The molecule has 1 nitrogen and oxygen atoms in total. The molecule has 1 atom stereocenters. The van der Waals surface area contributed by atoms with Crippen molar-refractivity contribution >= 4 is 0 Å². The molecule has 0 spiro atoms. The van der Waals surface area contributed by atoms with Gasteiger partial charge in [-0.3, -0.25) is 0 Å². The van der Waals surface area contributed by atoms with E-state index in [9.17, 15) is 0 Å². The van der Waals surface area contributed by atoms with E-state index in [4.69, 9.17) is 0 Å². The van der Waals surface area contributed by atoms with Gasteiger partial charge in [0.1, 0.15) is 0 Å². The van der Waals surface area contributed by atoms with Gasteiger partial charge in [-0.1, -0.05) is 56.0 Å². The van der Waals surface area contributed by atoms with Crippen molar-refractivity contribution < 1.29 is 0 Å². The van der Waals surface area contributed by atoms with E-state index in [1.807, 2.05) is 0 Å². The van der Waals surface area contributed by atoms with Crippen LogP contribution in [-0.2, 0) is 6.42 Å². The first kappa shape index (κ1) is 13.6. The molecule has 1 N–H and O–H groups in total. The molecular formula is C17H27N. The van der Waals surface area contributed by atoms with Gasteiger partial charge in [-0.25, -0.2) is 0 Å². The molecule has 0 bridgehead atoms. The molecule has 0 radical (unpaired) electrons. The lowest BCUT2D eigenvalue weighted by atomic mass is 9.93. The molecule has 18 heavy (non-hydrogen) atoms. The predicted molar refractivity (Wildman–Crippen MR) is 78.8 cm³/mol. The molecule has 1 heteroatoms. The van der Waals surface area contributed by atoms with Gasteiger partial charge < -0.3 is 5.32 Å². The molecule has 1 saturated carbocycles. The van der Waals surface area contributed by atoms with Crippen molar-refractivity contribution in [3.63, 3.8) is 0 Å².